The number of ether oxygens (including phenoxy) is 2. The molecule has 2 fully saturated rings. The number of piperidine rings is 1. The van der Waals surface area contributed by atoms with E-state index in [1.807, 2.05) is 36.1 Å². The van der Waals surface area contributed by atoms with Gasteiger partial charge in [-0.25, -0.2) is 0 Å². The minimum absolute atomic E-state index is 0.0774. The Morgan fingerprint density at radius 1 is 1.38 bits per heavy atom. The third kappa shape index (κ3) is 3.38. The number of carbonyl (C=O) groups excluding carboxylic acids is 1. The van der Waals surface area contributed by atoms with Crippen molar-refractivity contribution in [3.63, 3.8) is 0 Å². The Morgan fingerprint density at radius 2 is 2.14 bits per heavy atom. The minimum atomic E-state index is 0.0774. The van der Waals surface area contributed by atoms with Crippen LogP contribution in [-0.4, -0.2) is 42.7 Å². The molecule has 2 aliphatic rings. The van der Waals surface area contributed by atoms with Gasteiger partial charge in [0.1, 0.15) is 5.75 Å². The summed E-state index contributed by atoms with van der Waals surface area (Å²) in [5.41, 5.74) is 1.19. The number of benzene rings is 1. The standard InChI is InChI=1S/C17H23NO3/c1-12-3-5-15(6-4-12)20-11-17(19)18-8-7-16-14(10-18)9-13(2)21-16/h3-6,13-14,16H,7-11H2,1-2H3/t13-,14-,16-/m0/s1. The fourth-order valence-electron chi connectivity index (χ4n) is 3.29. The molecule has 114 valence electrons. The highest BCUT2D eigenvalue weighted by Gasteiger charge is 2.38. The number of likely N-dealkylation sites (tertiary alicyclic amines) is 1. The van der Waals surface area contributed by atoms with Crippen molar-refractivity contribution in [2.45, 2.75) is 38.9 Å². The lowest BCUT2D eigenvalue weighted by Gasteiger charge is -2.34. The van der Waals surface area contributed by atoms with Crippen LogP contribution in [0.15, 0.2) is 24.3 Å². The molecule has 0 aromatic heterocycles. The lowest BCUT2D eigenvalue weighted by Crippen LogP contribution is -2.46. The maximum absolute atomic E-state index is 12.3. The molecule has 0 bridgehead atoms. The molecule has 3 atom stereocenters. The molecule has 2 saturated heterocycles. The number of fused-ring (bicyclic) bond motifs is 1. The average molecular weight is 289 g/mol. The van der Waals surface area contributed by atoms with Crippen LogP contribution in [0.25, 0.3) is 0 Å². The van der Waals surface area contributed by atoms with Gasteiger partial charge in [0.15, 0.2) is 6.61 Å². The van der Waals surface area contributed by atoms with Gasteiger partial charge in [0, 0.05) is 19.0 Å². The van der Waals surface area contributed by atoms with E-state index in [4.69, 9.17) is 9.47 Å². The van der Waals surface area contributed by atoms with E-state index in [1.165, 1.54) is 5.56 Å². The van der Waals surface area contributed by atoms with Crippen LogP contribution >= 0.6 is 0 Å². The Bertz CT molecular complexity index is 499. The van der Waals surface area contributed by atoms with Crippen LogP contribution in [0.2, 0.25) is 0 Å². The van der Waals surface area contributed by atoms with E-state index in [-0.39, 0.29) is 12.5 Å². The molecule has 0 unspecified atom stereocenters. The molecule has 4 nitrogen and oxygen atoms in total. The quantitative estimate of drug-likeness (QED) is 0.857. The summed E-state index contributed by atoms with van der Waals surface area (Å²) >= 11 is 0. The van der Waals surface area contributed by atoms with Crippen LogP contribution in [0.4, 0.5) is 0 Å². The predicted molar refractivity (Wildman–Crippen MR) is 80.3 cm³/mol. The van der Waals surface area contributed by atoms with Gasteiger partial charge in [-0.2, -0.15) is 0 Å². The number of aryl methyl sites for hydroxylation is 1. The predicted octanol–water partition coefficient (Wildman–Crippen LogP) is 2.40. The Kier molecular flexibility index (Phi) is 4.15. The van der Waals surface area contributed by atoms with E-state index in [0.717, 1.165) is 31.7 Å². The van der Waals surface area contributed by atoms with Crippen molar-refractivity contribution in [1.82, 2.24) is 4.90 Å². The molecule has 0 radical (unpaired) electrons. The molecule has 2 heterocycles. The van der Waals surface area contributed by atoms with Crippen LogP contribution in [0.5, 0.6) is 5.75 Å². The molecule has 0 spiro atoms. The Labute approximate surface area is 126 Å². The summed E-state index contributed by atoms with van der Waals surface area (Å²) < 4.78 is 11.5. The van der Waals surface area contributed by atoms with Crippen molar-refractivity contribution in [3.8, 4) is 5.75 Å². The zero-order chi connectivity index (χ0) is 14.8. The molecule has 1 amide bonds. The zero-order valence-electron chi connectivity index (χ0n) is 12.7. The van der Waals surface area contributed by atoms with E-state index in [1.54, 1.807) is 0 Å². The van der Waals surface area contributed by atoms with Crippen molar-refractivity contribution in [1.29, 1.82) is 0 Å². The zero-order valence-corrected chi connectivity index (χ0v) is 12.7. The molecule has 4 heteroatoms. The molecule has 3 rings (SSSR count). The first-order valence-corrected chi connectivity index (χ1v) is 7.74. The number of rotatable bonds is 3. The SMILES string of the molecule is Cc1ccc(OCC(=O)N2CC[C@@H]3O[C@@H](C)C[C@H]3C2)cc1. The van der Waals surface area contributed by atoms with E-state index < -0.39 is 0 Å². The van der Waals surface area contributed by atoms with Crippen molar-refractivity contribution in [3.05, 3.63) is 29.8 Å². The van der Waals surface area contributed by atoms with Gasteiger partial charge in [0.25, 0.3) is 5.91 Å². The maximum Gasteiger partial charge on any atom is 0.260 e. The molecule has 21 heavy (non-hydrogen) atoms. The van der Waals surface area contributed by atoms with E-state index in [9.17, 15) is 4.79 Å². The Morgan fingerprint density at radius 3 is 2.90 bits per heavy atom. The topological polar surface area (TPSA) is 38.8 Å². The molecular formula is C17H23NO3. The summed E-state index contributed by atoms with van der Waals surface area (Å²) in [4.78, 5) is 14.2. The summed E-state index contributed by atoms with van der Waals surface area (Å²) in [6.45, 7) is 5.86. The highest BCUT2D eigenvalue weighted by atomic mass is 16.5. The Hall–Kier alpha value is -1.55. The minimum Gasteiger partial charge on any atom is -0.484 e. The van der Waals surface area contributed by atoms with Crippen LogP contribution in [0.3, 0.4) is 0 Å². The second kappa shape index (κ2) is 6.06. The van der Waals surface area contributed by atoms with Crippen LogP contribution in [-0.2, 0) is 9.53 Å². The maximum atomic E-state index is 12.3. The highest BCUT2D eigenvalue weighted by Crippen LogP contribution is 2.32. The van der Waals surface area contributed by atoms with E-state index in [2.05, 4.69) is 6.92 Å². The average Bonchev–Trinajstić information content (AvgIpc) is 2.85. The molecule has 2 aliphatic heterocycles. The fourth-order valence-corrected chi connectivity index (χ4v) is 3.29. The fraction of sp³-hybridized carbons (Fsp3) is 0.588. The second-order valence-electron chi connectivity index (χ2n) is 6.21. The third-order valence-electron chi connectivity index (χ3n) is 4.44. The number of hydrogen-bond acceptors (Lipinski definition) is 3. The summed E-state index contributed by atoms with van der Waals surface area (Å²) in [5.74, 6) is 1.33. The molecule has 0 saturated carbocycles. The molecule has 0 N–H and O–H groups in total. The summed E-state index contributed by atoms with van der Waals surface area (Å²) in [7, 11) is 0. The van der Waals surface area contributed by atoms with Gasteiger partial charge < -0.3 is 14.4 Å². The van der Waals surface area contributed by atoms with Gasteiger partial charge in [-0.15, -0.1) is 0 Å². The normalized spacial score (nSPS) is 28.3. The number of carbonyl (C=O) groups is 1. The largest absolute Gasteiger partial charge is 0.484 e. The first kappa shape index (κ1) is 14.4. The van der Waals surface area contributed by atoms with Crippen LogP contribution in [0.1, 0.15) is 25.3 Å². The van der Waals surface area contributed by atoms with Crippen LogP contribution < -0.4 is 4.74 Å². The summed E-state index contributed by atoms with van der Waals surface area (Å²) in [6, 6.07) is 7.79. The van der Waals surface area contributed by atoms with Crippen molar-refractivity contribution < 1.29 is 14.3 Å². The lowest BCUT2D eigenvalue weighted by atomic mass is 9.93. The van der Waals surface area contributed by atoms with E-state index in [0.29, 0.717) is 18.1 Å². The van der Waals surface area contributed by atoms with E-state index >= 15 is 0 Å². The smallest absolute Gasteiger partial charge is 0.260 e. The van der Waals surface area contributed by atoms with Gasteiger partial charge in [0.05, 0.1) is 12.2 Å². The molecule has 0 aliphatic carbocycles. The van der Waals surface area contributed by atoms with Gasteiger partial charge in [0.2, 0.25) is 0 Å². The van der Waals surface area contributed by atoms with Gasteiger partial charge in [-0.1, -0.05) is 17.7 Å². The van der Waals surface area contributed by atoms with Gasteiger partial charge in [-0.3, -0.25) is 4.79 Å². The monoisotopic (exact) mass is 289 g/mol. The van der Waals surface area contributed by atoms with Crippen molar-refractivity contribution >= 4 is 5.91 Å². The second-order valence-corrected chi connectivity index (χ2v) is 6.21. The number of nitrogens with zero attached hydrogens (tertiary/aromatic N) is 1. The van der Waals surface area contributed by atoms with Crippen molar-refractivity contribution in [2.75, 3.05) is 19.7 Å². The highest BCUT2D eigenvalue weighted by molar-refractivity contribution is 5.77. The molecule has 1 aromatic carbocycles. The first-order chi connectivity index (χ1) is 10.1. The van der Waals surface area contributed by atoms with Crippen LogP contribution in [0, 0.1) is 12.8 Å². The third-order valence-corrected chi connectivity index (χ3v) is 4.44. The molecule has 1 aromatic rings. The summed E-state index contributed by atoms with van der Waals surface area (Å²) in [5, 5.41) is 0. The Balaban J connectivity index is 1.50. The number of hydrogen-bond donors (Lipinski definition) is 0. The lowest BCUT2D eigenvalue weighted by molar-refractivity contribution is -0.136. The summed E-state index contributed by atoms with van der Waals surface area (Å²) in [6.07, 6.45) is 2.69. The first-order valence-electron chi connectivity index (χ1n) is 7.74. The van der Waals surface area contributed by atoms with Crippen molar-refractivity contribution in [2.24, 2.45) is 5.92 Å². The van der Waals surface area contributed by atoms with Gasteiger partial charge in [-0.05, 0) is 38.8 Å². The number of amides is 1. The molecular weight excluding hydrogens is 266 g/mol. The van der Waals surface area contributed by atoms with Gasteiger partial charge >= 0.3 is 0 Å².